The first kappa shape index (κ1) is 16.0. The highest BCUT2D eigenvalue weighted by molar-refractivity contribution is 7.99. The SMILES string of the molecule is COCCCc1nnc(SCC(=O)O)n1C(C)(C)C. The number of carboxylic acids is 1. The molecule has 0 bridgehead atoms. The Morgan fingerprint density at radius 3 is 2.63 bits per heavy atom. The van der Waals surface area contributed by atoms with Crippen LogP contribution in [-0.2, 0) is 21.5 Å². The second-order valence-electron chi connectivity index (χ2n) is 5.18. The predicted molar refractivity (Wildman–Crippen MR) is 73.6 cm³/mol. The zero-order chi connectivity index (χ0) is 14.5. The number of ether oxygens (including phenoxy) is 1. The van der Waals surface area contributed by atoms with Gasteiger partial charge >= 0.3 is 5.97 Å². The topological polar surface area (TPSA) is 77.2 Å². The number of methoxy groups -OCH3 is 1. The lowest BCUT2D eigenvalue weighted by molar-refractivity contribution is -0.133. The third kappa shape index (κ3) is 4.83. The van der Waals surface area contributed by atoms with E-state index in [1.807, 2.05) is 4.57 Å². The van der Waals surface area contributed by atoms with Crippen molar-refractivity contribution in [3.8, 4) is 0 Å². The van der Waals surface area contributed by atoms with Crippen molar-refractivity contribution in [1.82, 2.24) is 14.8 Å². The van der Waals surface area contributed by atoms with Crippen molar-refractivity contribution in [1.29, 1.82) is 0 Å². The molecule has 0 unspecified atom stereocenters. The minimum atomic E-state index is -0.852. The maximum absolute atomic E-state index is 10.7. The molecule has 1 heterocycles. The van der Waals surface area contributed by atoms with Crippen LogP contribution in [0.5, 0.6) is 0 Å². The smallest absolute Gasteiger partial charge is 0.313 e. The summed E-state index contributed by atoms with van der Waals surface area (Å²) in [7, 11) is 1.67. The molecule has 1 rings (SSSR count). The van der Waals surface area contributed by atoms with Gasteiger partial charge in [0.05, 0.1) is 5.75 Å². The van der Waals surface area contributed by atoms with E-state index in [9.17, 15) is 4.79 Å². The Morgan fingerprint density at radius 2 is 2.11 bits per heavy atom. The average molecular weight is 287 g/mol. The fraction of sp³-hybridized carbons (Fsp3) is 0.750. The third-order valence-corrected chi connectivity index (χ3v) is 3.36. The quantitative estimate of drug-likeness (QED) is 0.608. The molecule has 0 aliphatic carbocycles. The van der Waals surface area contributed by atoms with Gasteiger partial charge in [0.2, 0.25) is 0 Å². The van der Waals surface area contributed by atoms with Crippen molar-refractivity contribution in [2.24, 2.45) is 0 Å². The van der Waals surface area contributed by atoms with E-state index >= 15 is 0 Å². The van der Waals surface area contributed by atoms with E-state index in [1.165, 1.54) is 11.8 Å². The van der Waals surface area contributed by atoms with Crippen LogP contribution in [0, 0.1) is 0 Å². The summed E-state index contributed by atoms with van der Waals surface area (Å²) in [4.78, 5) is 10.7. The second kappa shape index (κ2) is 6.91. The number of aliphatic carboxylic acids is 1. The summed E-state index contributed by atoms with van der Waals surface area (Å²) in [5.41, 5.74) is -0.174. The van der Waals surface area contributed by atoms with Crippen LogP contribution in [0.25, 0.3) is 0 Å². The van der Waals surface area contributed by atoms with Gasteiger partial charge in [0.1, 0.15) is 5.82 Å². The van der Waals surface area contributed by atoms with Gasteiger partial charge in [0, 0.05) is 25.7 Å². The van der Waals surface area contributed by atoms with Crippen LogP contribution in [0.1, 0.15) is 33.0 Å². The summed E-state index contributed by atoms with van der Waals surface area (Å²) in [6.07, 6.45) is 1.64. The number of carbonyl (C=O) groups is 1. The molecule has 0 radical (unpaired) electrons. The molecule has 108 valence electrons. The lowest BCUT2D eigenvalue weighted by atomic mass is 10.1. The first-order valence-electron chi connectivity index (χ1n) is 6.14. The Bertz CT molecular complexity index is 426. The second-order valence-corrected chi connectivity index (χ2v) is 6.13. The summed E-state index contributed by atoms with van der Waals surface area (Å²) in [6, 6.07) is 0. The van der Waals surface area contributed by atoms with E-state index in [0.717, 1.165) is 18.7 Å². The fourth-order valence-corrected chi connectivity index (χ4v) is 2.59. The Morgan fingerprint density at radius 1 is 1.42 bits per heavy atom. The first-order chi connectivity index (χ1) is 8.86. The van der Waals surface area contributed by atoms with Crippen LogP contribution in [-0.4, -0.2) is 45.3 Å². The van der Waals surface area contributed by atoms with Crippen LogP contribution in [0.3, 0.4) is 0 Å². The largest absolute Gasteiger partial charge is 0.481 e. The van der Waals surface area contributed by atoms with Gasteiger partial charge in [-0.25, -0.2) is 0 Å². The monoisotopic (exact) mass is 287 g/mol. The molecule has 0 aromatic carbocycles. The van der Waals surface area contributed by atoms with Crippen molar-refractivity contribution in [2.75, 3.05) is 19.5 Å². The van der Waals surface area contributed by atoms with Gasteiger partial charge in [-0.05, 0) is 27.2 Å². The molecule has 0 atom stereocenters. The van der Waals surface area contributed by atoms with Gasteiger partial charge in [0.25, 0.3) is 0 Å². The number of hydrogen-bond donors (Lipinski definition) is 1. The van der Waals surface area contributed by atoms with Crippen LogP contribution >= 0.6 is 11.8 Å². The maximum Gasteiger partial charge on any atom is 0.313 e. The van der Waals surface area contributed by atoms with Crippen LogP contribution in [0.15, 0.2) is 5.16 Å². The number of carboxylic acid groups (broad SMARTS) is 1. The standard InChI is InChI=1S/C12H21N3O3S/c1-12(2,3)15-9(6-5-7-18-4)13-14-11(15)19-8-10(16)17/h5-8H2,1-4H3,(H,16,17). The van der Waals surface area contributed by atoms with E-state index in [4.69, 9.17) is 9.84 Å². The molecule has 0 aliphatic heterocycles. The van der Waals surface area contributed by atoms with Crippen molar-refractivity contribution < 1.29 is 14.6 Å². The molecular weight excluding hydrogens is 266 g/mol. The first-order valence-corrected chi connectivity index (χ1v) is 7.13. The number of aryl methyl sites for hydroxylation is 1. The Kier molecular flexibility index (Phi) is 5.81. The van der Waals surface area contributed by atoms with Crippen molar-refractivity contribution in [3.05, 3.63) is 5.82 Å². The highest BCUT2D eigenvalue weighted by Crippen LogP contribution is 2.25. The number of rotatable bonds is 7. The molecule has 19 heavy (non-hydrogen) atoms. The molecule has 1 aromatic rings. The Balaban J connectivity index is 2.89. The van der Waals surface area contributed by atoms with Gasteiger partial charge in [-0.15, -0.1) is 10.2 Å². The molecule has 1 N–H and O–H groups in total. The molecule has 1 aromatic heterocycles. The van der Waals surface area contributed by atoms with E-state index < -0.39 is 5.97 Å². The summed E-state index contributed by atoms with van der Waals surface area (Å²) in [5, 5.41) is 17.7. The van der Waals surface area contributed by atoms with Crippen LogP contribution in [0.2, 0.25) is 0 Å². The predicted octanol–water partition coefficient (Wildman–Crippen LogP) is 1.79. The van der Waals surface area contributed by atoms with Crippen LogP contribution < -0.4 is 0 Å². The lowest BCUT2D eigenvalue weighted by Crippen LogP contribution is -2.25. The maximum atomic E-state index is 10.7. The molecule has 0 amide bonds. The summed E-state index contributed by atoms with van der Waals surface area (Å²) >= 11 is 1.20. The number of aromatic nitrogens is 3. The number of nitrogens with zero attached hydrogens (tertiary/aromatic N) is 3. The molecule has 7 heteroatoms. The molecule has 0 spiro atoms. The Hall–Kier alpha value is -1.08. The average Bonchev–Trinajstić information content (AvgIpc) is 2.69. The van der Waals surface area contributed by atoms with Gasteiger partial charge < -0.3 is 14.4 Å². The summed E-state index contributed by atoms with van der Waals surface area (Å²) < 4.78 is 7.04. The molecule has 0 fully saturated rings. The van der Waals surface area contributed by atoms with Crippen molar-refractivity contribution in [3.63, 3.8) is 0 Å². The van der Waals surface area contributed by atoms with Crippen molar-refractivity contribution in [2.45, 2.75) is 44.3 Å². The van der Waals surface area contributed by atoms with Crippen LogP contribution in [0.4, 0.5) is 0 Å². The normalized spacial score (nSPS) is 11.8. The molecule has 6 nitrogen and oxygen atoms in total. The molecule has 0 saturated carbocycles. The van der Waals surface area contributed by atoms with Gasteiger partial charge in [0.15, 0.2) is 5.16 Å². The van der Waals surface area contributed by atoms with E-state index in [-0.39, 0.29) is 11.3 Å². The third-order valence-electron chi connectivity index (χ3n) is 2.44. The van der Waals surface area contributed by atoms with Gasteiger partial charge in [-0.1, -0.05) is 11.8 Å². The minimum absolute atomic E-state index is 0.00765. The highest BCUT2D eigenvalue weighted by atomic mass is 32.2. The molecule has 0 saturated heterocycles. The number of thioether (sulfide) groups is 1. The zero-order valence-electron chi connectivity index (χ0n) is 11.8. The van der Waals surface area contributed by atoms with Crippen molar-refractivity contribution >= 4 is 17.7 Å². The number of hydrogen-bond acceptors (Lipinski definition) is 5. The fourth-order valence-electron chi connectivity index (χ4n) is 1.73. The lowest BCUT2D eigenvalue weighted by Gasteiger charge is -2.24. The summed E-state index contributed by atoms with van der Waals surface area (Å²) in [6.45, 7) is 6.84. The molecular formula is C12H21N3O3S. The van der Waals surface area contributed by atoms with E-state index in [2.05, 4.69) is 31.0 Å². The highest BCUT2D eigenvalue weighted by Gasteiger charge is 2.23. The van der Waals surface area contributed by atoms with Gasteiger partial charge in [-0.3, -0.25) is 4.79 Å². The van der Waals surface area contributed by atoms with Gasteiger partial charge in [-0.2, -0.15) is 0 Å². The molecule has 0 aliphatic rings. The van der Waals surface area contributed by atoms with E-state index in [0.29, 0.717) is 11.8 Å². The zero-order valence-corrected chi connectivity index (χ0v) is 12.7. The minimum Gasteiger partial charge on any atom is -0.481 e. The Labute approximate surface area is 117 Å². The summed E-state index contributed by atoms with van der Waals surface area (Å²) in [5.74, 6) is 0.0126. The van der Waals surface area contributed by atoms with E-state index in [1.54, 1.807) is 7.11 Å².